The minimum Gasteiger partial charge on any atom is -0.367 e. The zero-order valence-electron chi connectivity index (χ0n) is 19.7. The normalized spacial score (nSPS) is 18.1. The zero-order chi connectivity index (χ0) is 22.9. The molecule has 9 nitrogen and oxygen atoms in total. The van der Waals surface area contributed by atoms with Crippen molar-refractivity contribution in [3.8, 4) is 22.8 Å². The van der Waals surface area contributed by atoms with Gasteiger partial charge in [-0.25, -0.2) is 9.97 Å². The third-order valence-electron chi connectivity index (χ3n) is 6.99. The largest absolute Gasteiger partial charge is 0.367 e. The molecule has 6 rings (SSSR count). The van der Waals surface area contributed by atoms with Gasteiger partial charge in [0.15, 0.2) is 11.5 Å². The molecule has 0 bridgehead atoms. The van der Waals surface area contributed by atoms with Gasteiger partial charge in [-0.05, 0) is 56.7 Å². The number of hydrogen-bond donors (Lipinski definition) is 2. The fourth-order valence-electron chi connectivity index (χ4n) is 5.01. The molecule has 0 radical (unpaired) electrons. The number of piperidine rings is 1. The maximum atomic E-state index is 4.90. The molecule has 4 aromatic heterocycles. The fraction of sp³-hybridized carbons (Fsp3) is 0.440. The predicted octanol–water partition coefficient (Wildman–Crippen LogP) is 3.15. The van der Waals surface area contributed by atoms with E-state index in [1.54, 1.807) is 0 Å². The van der Waals surface area contributed by atoms with Crippen LogP contribution in [0.25, 0.3) is 33.9 Å². The Morgan fingerprint density at radius 3 is 2.68 bits per heavy atom. The SMILES string of the molecule is CN1CCN(c2ccnc3[nH]c(-c4cc(-c5cncc(CN6CCCCC6)c5)[nH]n4)nc23)CC1. The molecule has 0 aromatic carbocycles. The summed E-state index contributed by atoms with van der Waals surface area (Å²) in [6.45, 7) is 7.38. The van der Waals surface area contributed by atoms with Crippen LogP contribution in [-0.2, 0) is 6.54 Å². The molecule has 0 aliphatic carbocycles. The van der Waals surface area contributed by atoms with Crippen molar-refractivity contribution < 1.29 is 0 Å². The Hall–Kier alpha value is -3.30. The number of anilines is 1. The molecule has 176 valence electrons. The van der Waals surface area contributed by atoms with Crippen LogP contribution >= 0.6 is 0 Å². The molecule has 6 heterocycles. The molecule has 0 atom stereocenters. The molecule has 2 fully saturated rings. The summed E-state index contributed by atoms with van der Waals surface area (Å²) in [6.07, 6.45) is 9.65. The summed E-state index contributed by atoms with van der Waals surface area (Å²) in [4.78, 5) is 24.5. The van der Waals surface area contributed by atoms with Gasteiger partial charge in [0.25, 0.3) is 0 Å². The number of nitrogens with zero attached hydrogens (tertiary/aromatic N) is 7. The van der Waals surface area contributed by atoms with Gasteiger partial charge in [0.1, 0.15) is 11.2 Å². The van der Waals surface area contributed by atoms with Crippen LogP contribution in [-0.4, -0.2) is 86.2 Å². The minimum absolute atomic E-state index is 0.726. The van der Waals surface area contributed by atoms with Crippen LogP contribution in [0.1, 0.15) is 24.8 Å². The Morgan fingerprint density at radius 2 is 1.82 bits per heavy atom. The summed E-state index contributed by atoms with van der Waals surface area (Å²) in [5.74, 6) is 0.726. The molecule has 0 amide bonds. The van der Waals surface area contributed by atoms with Gasteiger partial charge in [0.2, 0.25) is 0 Å². The second-order valence-corrected chi connectivity index (χ2v) is 9.49. The summed E-state index contributed by atoms with van der Waals surface area (Å²) in [5, 5.41) is 7.73. The second-order valence-electron chi connectivity index (χ2n) is 9.49. The number of imidazole rings is 1. The first-order chi connectivity index (χ1) is 16.7. The number of pyridine rings is 2. The van der Waals surface area contributed by atoms with Crippen LogP contribution in [0.4, 0.5) is 5.69 Å². The van der Waals surface area contributed by atoms with Crippen LogP contribution in [0.5, 0.6) is 0 Å². The van der Waals surface area contributed by atoms with Gasteiger partial charge in [-0.15, -0.1) is 0 Å². The first-order valence-corrected chi connectivity index (χ1v) is 12.2. The van der Waals surface area contributed by atoms with Crippen LogP contribution in [0.2, 0.25) is 0 Å². The van der Waals surface area contributed by atoms with Gasteiger partial charge < -0.3 is 14.8 Å². The van der Waals surface area contributed by atoms with E-state index in [1.165, 1.54) is 37.9 Å². The first kappa shape index (κ1) is 21.2. The Kier molecular flexibility index (Phi) is 5.72. The lowest BCUT2D eigenvalue weighted by molar-refractivity contribution is 0.220. The zero-order valence-corrected chi connectivity index (χ0v) is 19.7. The second kappa shape index (κ2) is 9.15. The maximum Gasteiger partial charge on any atom is 0.160 e. The molecule has 2 aliphatic rings. The number of H-pyrrole nitrogens is 2. The number of hydrogen-bond acceptors (Lipinski definition) is 7. The minimum atomic E-state index is 0.726. The smallest absolute Gasteiger partial charge is 0.160 e. The highest BCUT2D eigenvalue weighted by atomic mass is 15.3. The lowest BCUT2D eigenvalue weighted by atomic mass is 10.1. The van der Waals surface area contributed by atoms with E-state index in [2.05, 4.69) is 59.0 Å². The summed E-state index contributed by atoms with van der Waals surface area (Å²) in [5.41, 5.74) is 6.82. The van der Waals surface area contributed by atoms with Crippen LogP contribution in [0, 0.1) is 0 Å². The highest BCUT2D eigenvalue weighted by Crippen LogP contribution is 2.29. The molecule has 2 aliphatic heterocycles. The average molecular weight is 458 g/mol. The highest BCUT2D eigenvalue weighted by Gasteiger charge is 2.20. The summed E-state index contributed by atoms with van der Waals surface area (Å²) in [7, 11) is 2.17. The third kappa shape index (κ3) is 4.28. The van der Waals surface area contributed by atoms with Gasteiger partial charge >= 0.3 is 0 Å². The summed E-state index contributed by atoms with van der Waals surface area (Å²) >= 11 is 0. The maximum absolute atomic E-state index is 4.90. The molecule has 0 unspecified atom stereocenters. The van der Waals surface area contributed by atoms with Crippen LogP contribution in [0.15, 0.2) is 36.8 Å². The number of likely N-dealkylation sites (N-methyl/N-ethyl adjacent to an activating group) is 1. The molecule has 2 saturated heterocycles. The Labute approximate surface area is 199 Å². The van der Waals surface area contributed by atoms with E-state index < -0.39 is 0 Å². The van der Waals surface area contributed by atoms with E-state index in [4.69, 9.17) is 4.98 Å². The lowest BCUT2D eigenvalue weighted by Gasteiger charge is -2.33. The monoisotopic (exact) mass is 457 g/mol. The van der Waals surface area contributed by atoms with Crippen molar-refractivity contribution in [1.82, 2.24) is 39.9 Å². The lowest BCUT2D eigenvalue weighted by Crippen LogP contribution is -2.44. The van der Waals surface area contributed by atoms with Gasteiger partial charge in [0.05, 0.1) is 11.4 Å². The molecule has 4 aromatic rings. The van der Waals surface area contributed by atoms with Gasteiger partial charge in [-0.1, -0.05) is 6.42 Å². The van der Waals surface area contributed by atoms with Gasteiger partial charge in [-0.3, -0.25) is 15.0 Å². The van der Waals surface area contributed by atoms with Crippen molar-refractivity contribution in [2.45, 2.75) is 25.8 Å². The van der Waals surface area contributed by atoms with E-state index in [0.717, 1.165) is 72.4 Å². The Morgan fingerprint density at radius 1 is 0.971 bits per heavy atom. The van der Waals surface area contributed by atoms with Crippen LogP contribution in [0.3, 0.4) is 0 Å². The standard InChI is InChI=1S/C25H31N9/c1-32-9-11-34(12-10-32)22-5-6-27-25-23(22)28-24(29-25)21-14-20(30-31-21)19-13-18(15-26-16-19)17-33-7-3-2-4-8-33/h5-6,13-16H,2-4,7-12,17H2,1H3,(H,30,31)(H,27,28,29). The van der Waals surface area contributed by atoms with Gasteiger partial charge in [0, 0.05) is 56.9 Å². The molecular weight excluding hydrogens is 426 g/mol. The molecule has 0 spiro atoms. The van der Waals surface area contributed by atoms with E-state index in [1.807, 2.05) is 24.7 Å². The first-order valence-electron chi connectivity index (χ1n) is 12.2. The molecule has 2 N–H and O–H groups in total. The molecule has 34 heavy (non-hydrogen) atoms. The van der Waals surface area contributed by atoms with E-state index in [0.29, 0.717) is 0 Å². The molecule has 0 saturated carbocycles. The van der Waals surface area contributed by atoms with E-state index in [9.17, 15) is 0 Å². The van der Waals surface area contributed by atoms with Crippen molar-refractivity contribution in [2.24, 2.45) is 0 Å². The van der Waals surface area contributed by atoms with Crippen LogP contribution < -0.4 is 4.90 Å². The predicted molar refractivity (Wildman–Crippen MR) is 134 cm³/mol. The molecular formula is C25H31N9. The van der Waals surface area contributed by atoms with Crippen molar-refractivity contribution in [2.75, 3.05) is 51.2 Å². The number of piperazine rings is 1. The van der Waals surface area contributed by atoms with Crippen molar-refractivity contribution in [3.05, 3.63) is 42.4 Å². The average Bonchev–Trinajstić information content (AvgIpc) is 3.53. The van der Waals surface area contributed by atoms with E-state index >= 15 is 0 Å². The third-order valence-corrected chi connectivity index (χ3v) is 6.99. The summed E-state index contributed by atoms with van der Waals surface area (Å²) in [6, 6.07) is 6.31. The Bertz CT molecular complexity index is 1260. The number of likely N-dealkylation sites (tertiary alicyclic amines) is 1. The number of nitrogens with one attached hydrogen (secondary N) is 2. The van der Waals surface area contributed by atoms with Gasteiger partial charge in [-0.2, -0.15) is 5.10 Å². The van der Waals surface area contributed by atoms with Crippen molar-refractivity contribution >= 4 is 16.9 Å². The number of aromatic nitrogens is 6. The molecule has 9 heteroatoms. The summed E-state index contributed by atoms with van der Waals surface area (Å²) < 4.78 is 0. The quantitative estimate of drug-likeness (QED) is 0.476. The Balaban J connectivity index is 1.25. The van der Waals surface area contributed by atoms with Crippen molar-refractivity contribution in [3.63, 3.8) is 0 Å². The fourth-order valence-corrected chi connectivity index (χ4v) is 5.01. The topological polar surface area (TPSA) is 92.9 Å². The number of fused-ring (bicyclic) bond motifs is 1. The number of rotatable bonds is 5. The van der Waals surface area contributed by atoms with E-state index in [-0.39, 0.29) is 0 Å². The van der Waals surface area contributed by atoms with Crippen molar-refractivity contribution in [1.29, 1.82) is 0 Å². The number of aromatic amines is 2. The highest BCUT2D eigenvalue weighted by molar-refractivity contribution is 5.88.